The van der Waals surface area contributed by atoms with Crippen LogP contribution in [0.4, 0.5) is 5.00 Å². The second-order valence-corrected chi connectivity index (χ2v) is 9.64. The maximum absolute atomic E-state index is 12.1. The molecular formula is C17H22Cl3N3OS. The number of carbonyl (C=O) groups excluding carboxylic acids is 1. The molecule has 1 aliphatic carbocycles. The first-order valence-electron chi connectivity index (χ1n) is 8.54. The van der Waals surface area contributed by atoms with Crippen molar-refractivity contribution in [1.29, 1.82) is 5.26 Å². The number of aryl methyl sites for hydroxylation is 1. The molecule has 0 aromatic carbocycles. The number of halogens is 3. The third-order valence-electron chi connectivity index (χ3n) is 4.20. The van der Waals surface area contributed by atoms with E-state index < -0.39 is 9.96 Å². The number of fused-ring (bicyclic) bond motifs is 1. The molecule has 0 saturated heterocycles. The molecule has 1 aromatic rings. The van der Waals surface area contributed by atoms with Crippen molar-refractivity contribution < 1.29 is 4.79 Å². The van der Waals surface area contributed by atoms with Crippen molar-refractivity contribution in [3.05, 3.63) is 16.0 Å². The predicted molar refractivity (Wildman–Crippen MR) is 106 cm³/mol. The van der Waals surface area contributed by atoms with Crippen molar-refractivity contribution in [2.45, 2.75) is 68.2 Å². The fraction of sp³-hybridized carbons (Fsp3) is 0.647. The second kappa shape index (κ2) is 9.32. The highest BCUT2D eigenvalue weighted by Crippen LogP contribution is 2.40. The number of thiophene rings is 1. The number of carbonyl (C=O) groups is 1. The zero-order valence-electron chi connectivity index (χ0n) is 14.1. The number of alkyl halides is 3. The van der Waals surface area contributed by atoms with Crippen LogP contribution in [-0.4, -0.2) is 15.9 Å². The molecule has 1 atom stereocenters. The lowest BCUT2D eigenvalue weighted by Crippen LogP contribution is -2.49. The summed E-state index contributed by atoms with van der Waals surface area (Å²) in [6, 6.07) is 2.26. The van der Waals surface area contributed by atoms with Gasteiger partial charge in [0.2, 0.25) is 9.70 Å². The molecule has 2 rings (SSSR count). The van der Waals surface area contributed by atoms with Crippen LogP contribution in [0.3, 0.4) is 0 Å². The Kier molecular flexibility index (Phi) is 7.69. The SMILES string of the molecule is CCCCCC(=O)N[C@H](Nc1sc2c(c1C#N)CCCC2)C(Cl)(Cl)Cl. The van der Waals surface area contributed by atoms with Crippen LogP contribution in [0.15, 0.2) is 0 Å². The smallest absolute Gasteiger partial charge is 0.228 e. The van der Waals surface area contributed by atoms with Crippen LogP contribution in [0.25, 0.3) is 0 Å². The molecule has 0 saturated carbocycles. The number of anilines is 1. The fourth-order valence-electron chi connectivity index (χ4n) is 2.89. The Hall–Kier alpha value is -0.670. The Bertz CT molecular complexity index is 649. The molecule has 25 heavy (non-hydrogen) atoms. The third-order valence-corrected chi connectivity index (χ3v) is 6.08. The molecule has 0 spiro atoms. The van der Waals surface area contributed by atoms with Crippen LogP contribution < -0.4 is 10.6 Å². The van der Waals surface area contributed by atoms with Gasteiger partial charge >= 0.3 is 0 Å². The number of hydrogen-bond acceptors (Lipinski definition) is 4. The summed E-state index contributed by atoms with van der Waals surface area (Å²) in [5.74, 6) is -0.169. The number of rotatable bonds is 7. The molecule has 0 fully saturated rings. The average Bonchev–Trinajstić information content (AvgIpc) is 2.90. The zero-order chi connectivity index (χ0) is 18.4. The van der Waals surface area contributed by atoms with Gasteiger partial charge in [-0.3, -0.25) is 4.79 Å². The first-order chi connectivity index (χ1) is 11.9. The van der Waals surface area contributed by atoms with Crippen molar-refractivity contribution in [3.63, 3.8) is 0 Å². The average molecular weight is 423 g/mol. The van der Waals surface area contributed by atoms with E-state index in [9.17, 15) is 10.1 Å². The van der Waals surface area contributed by atoms with Gasteiger partial charge in [-0.15, -0.1) is 11.3 Å². The van der Waals surface area contributed by atoms with Gasteiger partial charge in [0, 0.05) is 11.3 Å². The molecule has 1 heterocycles. The van der Waals surface area contributed by atoms with E-state index >= 15 is 0 Å². The number of hydrogen-bond donors (Lipinski definition) is 2. The lowest BCUT2D eigenvalue weighted by Gasteiger charge is -2.27. The molecular weight excluding hydrogens is 401 g/mol. The third kappa shape index (κ3) is 5.65. The van der Waals surface area contributed by atoms with E-state index in [1.165, 1.54) is 16.2 Å². The Balaban J connectivity index is 2.14. The zero-order valence-corrected chi connectivity index (χ0v) is 17.2. The number of nitrogens with zero attached hydrogens (tertiary/aromatic N) is 1. The van der Waals surface area contributed by atoms with Gasteiger partial charge in [-0.2, -0.15) is 5.26 Å². The van der Waals surface area contributed by atoms with E-state index in [1.54, 1.807) is 0 Å². The summed E-state index contributed by atoms with van der Waals surface area (Å²) < 4.78 is -1.72. The molecule has 4 nitrogen and oxygen atoms in total. The highest BCUT2D eigenvalue weighted by atomic mass is 35.6. The van der Waals surface area contributed by atoms with Gasteiger partial charge in [0.15, 0.2) is 0 Å². The maximum Gasteiger partial charge on any atom is 0.228 e. The lowest BCUT2D eigenvalue weighted by atomic mass is 9.96. The molecule has 0 radical (unpaired) electrons. The molecule has 1 aromatic heterocycles. The molecule has 8 heteroatoms. The molecule has 0 bridgehead atoms. The maximum atomic E-state index is 12.1. The van der Waals surface area contributed by atoms with E-state index in [1.807, 2.05) is 0 Å². The van der Waals surface area contributed by atoms with Gasteiger partial charge in [-0.05, 0) is 37.7 Å². The van der Waals surface area contributed by atoms with E-state index in [0.717, 1.165) is 50.5 Å². The van der Waals surface area contributed by atoms with Crippen molar-refractivity contribution in [1.82, 2.24) is 5.32 Å². The van der Waals surface area contributed by atoms with Crippen molar-refractivity contribution in [2.75, 3.05) is 5.32 Å². The predicted octanol–water partition coefficient (Wildman–Crippen LogP) is 5.30. The summed E-state index contributed by atoms with van der Waals surface area (Å²) in [6.07, 6.45) is 6.39. The van der Waals surface area contributed by atoms with Gasteiger partial charge < -0.3 is 10.6 Å². The van der Waals surface area contributed by atoms with Gasteiger partial charge in [-0.1, -0.05) is 54.6 Å². The van der Waals surface area contributed by atoms with E-state index in [0.29, 0.717) is 17.0 Å². The Labute approximate surface area is 167 Å². The van der Waals surface area contributed by atoms with Crippen LogP contribution >= 0.6 is 46.1 Å². The summed E-state index contributed by atoms with van der Waals surface area (Å²) in [6.45, 7) is 2.07. The molecule has 2 N–H and O–H groups in total. The first-order valence-corrected chi connectivity index (χ1v) is 10.5. The van der Waals surface area contributed by atoms with Gasteiger partial charge in [-0.25, -0.2) is 0 Å². The van der Waals surface area contributed by atoms with Crippen molar-refractivity contribution in [3.8, 4) is 6.07 Å². The van der Waals surface area contributed by atoms with E-state index in [4.69, 9.17) is 34.8 Å². The Morgan fingerprint density at radius 1 is 1.32 bits per heavy atom. The number of unbranched alkanes of at least 4 members (excludes halogenated alkanes) is 2. The lowest BCUT2D eigenvalue weighted by molar-refractivity contribution is -0.121. The fourth-order valence-corrected chi connectivity index (χ4v) is 4.48. The summed E-state index contributed by atoms with van der Waals surface area (Å²) >= 11 is 19.7. The number of nitriles is 1. The summed E-state index contributed by atoms with van der Waals surface area (Å²) in [5, 5.41) is 16.0. The summed E-state index contributed by atoms with van der Waals surface area (Å²) in [7, 11) is 0. The summed E-state index contributed by atoms with van der Waals surface area (Å²) in [5.41, 5.74) is 1.71. The summed E-state index contributed by atoms with van der Waals surface area (Å²) in [4.78, 5) is 13.3. The van der Waals surface area contributed by atoms with Crippen LogP contribution in [0.5, 0.6) is 0 Å². The molecule has 0 aliphatic heterocycles. The topological polar surface area (TPSA) is 64.9 Å². The minimum absolute atomic E-state index is 0.169. The number of amides is 1. The van der Waals surface area contributed by atoms with E-state index in [2.05, 4.69) is 23.6 Å². The Morgan fingerprint density at radius 3 is 2.68 bits per heavy atom. The van der Waals surface area contributed by atoms with Crippen molar-refractivity contribution >= 4 is 57.0 Å². The first kappa shape index (κ1) is 20.6. The van der Waals surface area contributed by atoms with Gasteiger partial charge in [0.05, 0.1) is 5.56 Å². The van der Waals surface area contributed by atoms with Gasteiger partial charge in [0.25, 0.3) is 0 Å². The standard InChI is InChI=1S/C17H22Cl3N3OS/c1-2-3-4-9-14(24)22-16(17(18,19)20)23-15-12(10-21)11-7-5-6-8-13(11)25-15/h16,23H,2-9H2,1H3,(H,22,24)/t16-/m1/s1. The highest BCUT2D eigenvalue weighted by Gasteiger charge is 2.35. The number of nitrogens with one attached hydrogen (secondary N) is 2. The van der Waals surface area contributed by atoms with E-state index in [-0.39, 0.29) is 5.91 Å². The van der Waals surface area contributed by atoms with Gasteiger partial charge in [0.1, 0.15) is 17.2 Å². The van der Waals surface area contributed by atoms with Crippen molar-refractivity contribution in [2.24, 2.45) is 0 Å². The molecule has 138 valence electrons. The molecule has 0 unspecified atom stereocenters. The molecule has 1 aliphatic rings. The van der Waals surface area contributed by atoms with Crippen LogP contribution in [0.2, 0.25) is 0 Å². The minimum atomic E-state index is -1.72. The quantitative estimate of drug-likeness (QED) is 0.356. The largest absolute Gasteiger partial charge is 0.352 e. The van der Waals surface area contributed by atoms with Crippen LogP contribution in [0, 0.1) is 11.3 Å². The van der Waals surface area contributed by atoms with Crippen LogP contribution in [0.1, 0.15) is 61.5 Å². The second-order valence-electron chi connectivity index (χ2n) is 6.17. The monoisotopic (exact) mass is 421 g/mol. The minimum Gasteiger partial charge on any atom is -0.352 e. The normalized spacial score (nSPS) is 15.2. The molecule has 1 amide bonds. The Morgan fingerprint density at radius 2 is 2.04 bits per heavy atom. The van der Waals surface area contributed by atoms with Crippen LogP contribution in [-0.2, 0) is 17.6 Å². The highest BCUT2D eigenvalue weighted by molar-refractivity contribution is 7.16.